The van der Waals surface area contributed by atoms with Crippen LogP contribution in [0, 0.1) is 0 Å². The Balaban J connectivity index is 1.57. The van der Waals surface area contributed by atoms with Crippen LogP contribution in [-0.4, -0.2) is 44.8 Å². The van der Waals surface area contributed by atoms with E-state index in [0.717, 1.165) is 71.7 Å². The quantitative estimate of drug-likeness (QED) is 0.370. The zero-order valence-electron chi connectivity index (χ0n) is 18.9. The van der Waals surface area contributed by atoms with Gasteiger partial charge in [0, 0.05) is 29.7 Å². The molecule has 3 aromatic rings. The summed E-state index contributed by atoms with van der Waals surface area (Å²) in [6.07, 6.45) is 6.87. The van der Waals surface area contributed by atoms with Crippen LogP contribution in [0.5, 0.6) is 0 Å². The number of piperidine rings is 1. The molecule has 0 spiro atoms. The number of aromatic nitrogens is 4. The minimum absolute atomic E-state index is 0.0806. The van der Waals surface area contributed by atoms with Gasteiger partial charge in [-0.15, -0.1) is 0 Å². The lowest BCUT2D eigenvalue weighted by Crippen LogP contribution is -2.59. The van der Waals surface area contributed by atoms with Gasteiger partial charge in [0.1, 0.15) is 16.7 Å². The molecular formula is C23H31BrClN7. The number of nitrogens with one attached hydrogen (secondary N) is 2. The lowest BCUT2D eigenvalue weighted by Gasteiger charge is -2.45. The maximum absolute atomic E-state index is 6.19. The van der Waals surface area contributed by atoms with Crippen LogP contribution in [0.4, 0.5) is 11.5 Å². The molecule has 0 atom stereocenters. The van der Waals surface area contributed by atoms with Crippen LogP contribution in [0.1, 0.15) is 52.9 Å². The number of hydrogen-bond donors (Lipinski definition) is 2. The first kappa shape index (κ1) is 23.3. The van der Waals surface area contributed by atoms with Gasteiger partial charge in [-0.1, -0.05) is 32.4 Å². The molecule has 7 nitrogen and oxygen atoms in total. The van der Waals surface area contributed by atoms with Gasteiger partial charge >= 0.3 is 0 Å². The molecule has 2 aromatic heterocycles. The van der Waals surface area contributed by atoms with Gasteiger partial charge in [0.15, 0.2) is 5.65 Å². The molecule has 1 fully saturated rings. The summed E-state index contributed by atoms with van der Waals surface area (Å²) in [5.74, 6) is 0.935. The van der Waals surface area contributed by atoms with Crippen molar-refractivity contribution in [3.63, 3.8) is 0 Å². The average molecular weight is 521 g/mol. The molecule has 1 aliphatic rings. The van der Waals surface area contributed by atoms with E-state index in [4.69, 9.17) is 11.6 Å². The SMILES string of the molecule is CCC(CC)(CC)NN(c1ccc(Cl)cc1)C1CCN(c2ncnc3n[nH]c(Br)c23)CC1. The van der Waals surface area contributed by atoms with E-state index < -0.39 is 0 Å². The molecule has 0 aliphatic carbocycles. The van der Waals surface area contributed by atoms with E-state index in [2.05, 4.69) is 84.3 Å². The highest BCUT2D eigenvalue weighted by atomic mass is 79.9. The maximum atomic E-state index is 6.19. The molecule has 3 heterocycles. The van der Waals surface area contributed by atoms with Gasteiger partial charge in [0.05, 0.1) is 11.1 Å². The number of H-pyrrole nitrogens is 1. The third kappa shape index (κ3) is 4.58. The van der Waals surface area contributed by atoms with Gasteiger partial charge < -0.3 is 9.91 Å². The van der Waals surface area contributed by atoms with Gasteiger partial charge in [0.25, 0.3) is 0 Å². The number of rotatable bonds is 8. The van der Waals surface area contributed by atoms with Crippen LogP contribution in [0.2, 0.25) is 5.02 Å². The van der Waals surface area contributed by atoms with E-state index in [0.29, 0.717) is 11.7 Å². The minimum Gasteiger partial charge on any atom is -0.356 e. The number of aromatic amines is 1. The summed E-state index contributed by atoms with van der Waals surface area (Å²) in [7, 11) is 0. The van der Waals surface area contributed by atoms with E-state index in [9.17, 15) is 0 Å². The van der Waals surface area contributed by atoms with Crippen LogP contribution in [0.25, 0.3) is 11.0 Å². The predicted molar refractivity (Wildman–Crippen MR) is 135 cm³/mol. The second-order valence-corrected chi connectivity index (χ2v) is 9.68. The number of nitrogens with zero attached hydrogens (tertiary/aromatic N) is 5. The Hall–Kier alpha value is -1.90. The van der Waals surface area contributed by atoms with Gasteiger partial charge in [0.2, 0.25) is 0 Å². The summed E-state index contributed by atoms with van der Waals surface area (Å²) >= 11 is 9.74. The molecule has 172 valence electrons. The van der Waals surface area contributed by atoms with Crippen molar-refractivity contribution in [1.82, 2.24) is 25.6 Å². The highest BCUT2D eigenvalue weighted by Crippen LogP contribution is 2.32. The fourth-order valence-electron chi connectivity index (χ4n) is 4.59. The topological polar surface area (TPSA) is 73.0 Å². The molecule has 0 amide bonds. The molecular weight excluding hydrogens is 490 g/mol. The smallest absolute Gasteiger partial charge is 0.187 e. The van der Waals surface area contributed by atoms with Crippen molar-refractivity contribution in [2.45, 2.75) is 64.5 Å². The molecule has 2 N–H and O–H groups in total. The van der Waals surface area contributed by atoms with Crippen molar-refractivity contribution < 1.29 is 0 Å². The lowest BCUT2D eigenvalue weighted by atomic mass is 9.90. The van der Waals surface area contributed by atoms with E-state index >= 15 is 0 Å². The van der Waals surface area contributed by atoms with Crippen LogP contribution in [0.15, 0.2) is 35.2 Å². The Labute approximate surface area is 203 Å². The molecule has 4 rings (SSSR count). The highest BCUT2D eigenvalue weighted by Gasteiger charge is 2.32. The number of anilines is 2. The Morgan fingerprint density at radius 2 is 1.78 bits per heavy atom. The molecule has 0 bridgehead atoms. The zero-order valence-corrected chi connectivity index (χ0v) is 21.2. The van der Waals surface area contributed by atoms with Crippen molar-refractivity contribution in [2.75, 3.05) is 23.0 Å². The number of hydrazine groups is 1. The molecule has 9 heteroatoms. The first-order chi connectivity index (χ1) is 15.5. The Morgan fingerprint density at radius 3 is 2.41 bits per heavy atom. The fourth-order valence-corrected chi connectivity index (χ4v) is 5.16. The summed E-state index contributed by atoms with van der Waals surface area (Å²) in [6, 6.07) is 8.55. The van der Waals surface area contributed by atoms with Crippen molar-refractivity contribution in [1.29, 1.82) is 0 Å². The van der Waals surface area contributed by atoms with Crippen LogP contribution in [-0.2, 0) is 0 Å². The Bertz CT molecular complexity index is 1020. The number of halogens is 2. The predicted octanol–water partition coefficient (Wildman–Crippen LogP) is 5.72. The summed E-state index contributed by atoms with van der Waals surface area (Å²) in [4.78, 5) is 11.2. The van der Waals surface area contributed by atoms with Gasteiger partial charge in [-0.05, 0) is 72.3 Å². The number of hydrogen-bond acceptors (Lipinski definition) is 6. The first-order valence-corrected chi connectivity index (χ1v) is 12.6. The van der Waals surface area contributed by atoms with Crippen LogP contribution >= 0.6 is 27.5 Å². The summed E-state index contributed by atoms with van der Waals surface area (Å²) in [5, 5.41) is 11.3. The van der Waals surface area contributed by atoms with E-state index in [-0.39, 0.29) is 5.54 Å². The van der Waals surface area contributed by atoms with Crippen LogP contribution < -0.4 is 15.3 Å². The van der Waals surface area contributed by atoms with Crippen LogP contribution in [0.3, 0.4) is 0 Å². The van der Waals surface area contributed by atoms with E-state index in [1.807, 2.05) is 12.1 Å². The monoisotopic (exact) mass is 519 g/mol. The third-order valence-corrected chi connectivity index (χ3v) is 7.73. The molecule has 1 aliphatic heterocycles. The zero-order chi connectivity index (χ0) is 22.7. The van der Waals surface area contributed by atoms with Gasteiger partial charge in [-0.2, -0.15) is 5.10 Å². The summed E-state index contributed by atoms with van der Waals surface area (Å²) < 4.78 is 0.827. The van der Waals surface area contributed by atoms with Gasteiger partial charge in [-0.25, -0.2) is 15.4 Å². The van der Waals surface area contributed by atoms with E-state index in [1.54, 1.807) is 6.33 Å². The summed E-state index contributed by atoms with van der Waals surface area (Å²) in [5.41, 5.74) is 5.86. The van der Waals surface area contributed by atoms with Crippen molar-refractivity contribution in [2.24, 2.45) is 0 Å². The third-order valence-electron chi connectivity index (χ3n) is 6.91. The van der Waals surface area contributed by atoms with Gasteiger partial charge in [-0.3, -0.25) is 5.10 Å². The largest absolute Gasteiger partial charge is 0.356 e. The number of benzene rings is 1. The minimum atomic E-state index is 0.0806. The Kier molecular flexibility index (Phi) is 7.22. The second-order valence-electron chi connectivity index (χ2n) is 8.45. The molecule has 0 unspecified atom stereocenters. The lowest BCUT2D eigenvalue weighted by molar-refractivity contribution is 0.257. The molecule has 1 saturated heterocycles. The maximum Gasteiger partial charge on any atom is 0.187 e. The van der Waals surface area contributed by atoms with Crippen molar-refractivity contribution in [3.05, 3.63) is 40.2 Å². The normalized spacial score (nSPS) is 15.5. The molecule has 0 saturated carbocycles. The van der Waals surface area contributed by atoms with Crippen molar-refractivity contribution >= 4 is 50.1 Å². The fraction of sp³-hybridized carbons (Fsp3) is 0.522. The molecule has 0 radical (unpaired) electrons. The number of fused-ring (bicyclic) bond motifs is 1. The Morgan fingerprint density at radius 1 is 1.12 bits per heavy atom. The average Bonchev–Trinajstić information content (AvgIpc) is 3.22. The molecule has 1 aromatic carbocycles. The summed E-state index contributed by atoms with van der Waals surface area (Å²) in [6.45, 7) is 8.64. The molecule has 32 heavy (non-hydrogen) atoms. The highest BCUT2D eigenvalue weighted by molar-refractivity contribution is 9.10. The first-order valence-electron chi connectivity index (χ1n) is 11.4. The van der Waals surface area contributed by atoms with Crippen molar-refractivity contribution in [3.8, 4) is 0 Å². The standard InChI is InChI=1S/C23H31BrClN7/c1-4-23(5-2,6-3)30-32(17-9-7-16(25)8-10-17)18-11-13-31(14-12-18)22-19-20(24)28-29-21(19)26-15-27-22/h7-10,15,18,30H,4-6,11-14H2,1-3H3,(H,26,27,28,29). The van der Waals surface area contributed by atoms with E-state index in [1.165, 1.54) is 0 Å². The second kappa shape index (κ2) is 9.93.